The highest BCUT2D eigenvalue weighted by molar-refractivity contribution is 5.87. The normalized spacial score (nSPS) is 11.7. The molecular formula is C9H16O. The maximum Gasteiger partial charge on any atom is 0.152 e. The van der Waals surface area contributed by atoms with Crippen molar-refractivity contribution in [2.75, 3.05) is 0 Å². The van der Waals surface area contributed by atoms with Gasteiger partial charge in [0.05, 0.1) is 0 Å². The second-order valence-electron chi connectivity index (χ2n) is 2.52. The largest absolute Gasteiger partial charge is 0.295 e. The van der Waals surface area contributed by atoms with Crippen molar-refractivity contribution in [3.63, 3.8) is 0 Å². The first kappa shape index (κ1) is 9.41. The highest BCUT2D eigenvalue weighted by atomic mass is 16.1. The fraction of sp³-hybridized carbons (Fsp3) is 0.667. The number of rotatable bonds is 4. The molecule has 0 aliphatic rings. The molecule has 0 aliphatic carbocycles. The van der Waals surface area contributed by atoms with Gasteiger partial charge in [-0.3, -0.25) is 4.79 Å². The molecule has 0 saturated heterocycles. The molecule has 0 amide bonds. The van der Waals surface area contributed by atoms with Gasteiger partial charge in [-0.2, -0.15) is 0 Å². The Morgan fingerprint density at radius 3 is 2.30 bits per heavy atom. The van der Waals surface area contributed by atoms with Gasteiger partial charge in [0.25, 0.3) is 0 Å². The van der Waals surface area contributed by atoms with Crippen molar-refractivity contribution in [1.82, 2.24) is 0 Å². The zero-order valence-electron chi connectivity index (χ0n) is 7.11. The van der Waals surface area contributed by atoms with Gasteiger partial charge in [0, 0.05) is 0 Å². The van der Waals surface area contributed by atoms with Crippen LogP contribution in [0.3, 0.4) is 0 Å². The molecule has 0 unspecified atom stereocenters. The zero-order chi connectivity index (χ0) is 7.98. The minimum absolute atomic E-state index is 0.172. The molecule has 1 heteroatoms. The number of carbonyl (C=O) groups is 1. The summed E-state index contributed by atoms with van der Waals surface area (Å²) in [5.74, 6) is 0.172. The van der Waals surface area contributed by atoms with Crippen molar-refractivity contribution in [3.05, 3.63) is 11.6 Å². The number of carbonyl (C=O) groups excluding carboxylic acids is 1. The van der Waals surface area contributed by atoms with E-state index < -0.39 is 0 Å². The summed E-state index contributed by atoms with van der Waals surface area (Å²) in [7, 11) is 0. The third kappa shape index (κ3) is 4.30. The molecule has 0 rings (SSSR count). The van der Waals surface area contributed by atoms with Gasteiger partial charge in [-0.05, 0) is 25.8 Å². The zero-order valence-corrected chi connectivity index (χ0v) is 7.11. The Hall–Kier alpha value is -0.590. The molecule has 0 N–H and O–H groups in total. The lowest BCUT2D eigenvalue weighted by Crippen LogP contribution is -1.87. The van der Waals surface area contributed by atoms with Gasteiger partial charge >= 0.3 is 0 Å². The minimum atomic E-state index is 0.172. The molecule has 0 aliphatic heterocycles. The third-order valence-corrected chi connectivity index (χ3v) is 1.43. The third-order valence-electron chi connectivity index (χ3n) is 1.43. The Balaban J connectivity index is 3.91. The SMILES string of the molecule is CCC/C(=C/C(C)=O)CC. The Kier molecular flexibility index (Phi) is 4.91. The van der Waals surface area contributed by atoms with Crippen LogP contribution in [0.25, 0.3) is 0 Å². The van der Waals surface area contributed by atoms with E-state index >= 15 is 0 Å². The molecule has 58 valence electrons. The van der Waals surface area contributed by atoms with Crippen LogP contribution in [-0.4, -0.2) is 5.78 Å². The Labute approximate surface area is 63.1 Å². The minimum Gasteiger partial charge on any atom is -0.295 e. The predicted molar refractivity (Wildman–Crippen MR) is 44.0 cm³/mol. The summed E-state index contributed by atoms with van der Waals surface area (Å²) < 4.78 is 0. The summed E-state index contributed by atoms with van der Waals surface area (Å²) in [5, 5.41) is 0. The van der Waals surface area contributed by atoms with E-state index in [4.69, 9.17) is 0 Å². The van der Waals surface area contributed by atoms with Crippen molar-refractivity contribution < 1.29 is 4.79 Å². The van der Waals surface area contributed by atoms with E-state index in [0.717, 1.165) is 19.3 Å². The predicted octanol–water partition coefficient (Wildman–Crippen LogP) is 2.71. The van der Waals surface area contributed by atoms with Crippen LogP contribution in [0, 0.1) is 0 Å². The molecule has 0 atom stereocenters. The number of allylic oxidation sites excluding steroid dienone is 2. The van der Waals surface area contributed by atoms with E-state index in [9.17, 15) is 4.79 Å². The quantitative estimate of drug-likeness (QED) is 0.549. The van der Waals surface area contributed by atoms with Crippen LogP contribution in [0.1, 0.15) is 40.0 Å². The number of hydrogen-bond donors (Lipinski definition) is 0. The molecule has 1 nitrogen and oxygen atoms in total. The number of hydrogen-bond acceptors (Lipinski definition) is 1. The van der Waals surface area contributed by atoms with Crippen molar-refractivity contribution in [3.8, 4) is 0 Å². The molecule has 0 spiro atoms. The highest BCUT2D eigenvalue weighted by Crippen LogP contribution is 2.08. The highest BCUT2D eigenvalue weighted by Gasteiger charge is 1.93. The van der Waals surface area contributed by atoms with Crippen molar-refractivity contribution in [2.24, 2.45) is 0 Å². The van der Waals surface area contributed by atoms with Crippen LogP contribution in [-0.2, 0) is 4.79 Å². The van der Waals surface area contributed by atoms with Crippen molar-refractivity contribution in [1.29, 1.82) is 0 Å². The van der Waals surface area contributed by atoms with Crippen LogP contribution >= 0.6 is 0 Å². The molecular weight excluding hydrogens is 124 g/mol. The first-order chi connectivity index (χ1) is 4.70. The molecule has 0 bridgehead atoms. The van der Waals surface area contributed by atoms with Crippen molar-refractivity contribution in [2.45, 2.75) is 40.0 Å². The molecule has 0 aromatic carbocycles. The van der Waals surface area contributed by atoms with Crippen LogP contribution in [0.15, 0.2) is 11.6 Å². The summed E-state index contributed by atoms with van der Waals surface area (Å²) in [6.07, 6.45) is 4.96. The molecule has 0 aromatic heterocycles. The van der Waals surface area contributed by atoms with E-state index in [-0.39, 0.29) is 5.78 Å². The van der Waals surface area contributed by atoms with Gasteiger partial charge in [-0.15, -0.1) is 0 Å². The van der Waals surface area contributed by atoms with Gasteiger partial charge in [-0.1, -0.05) is 25.8 Å². The van der Waals surface area contributed by atoms with E-state index in [1.807, 2.05) is 0 Å². The van der Waals surface area contributed by atoms with Gasteiger partial charge in [0.15, 0.2) is 5.78 Å². The standard InChI is InChI=1S/C9H16O/c1-4-6-9(5-2)7-8(3)10/h7H,4-6H2,1-3H3/b9-7+. The smallest absolute Gasteiger partial charge is 0.152 e. The van der Waals surface area contributed by atoms with E-state index in [2.05, 4.69) is 13.8 Å². The van der Waals surface area contributed by atoms with Crippen LogP contribution in [0.5, 0.6) is 0 Å². The van der Waals surface area contributed by atoms with Crippen LogP contribution in [0.2, 0.25) is 0 Å². The first-order valence-corrected chi connectivity index (χ1v) is 3.90. The summed E-state index contributed by atoms with van der Waals surface area (Å²) >= 11 is 0. The molecule has 0 heterocycles. The molecule has 0 fully saturated rings. The summed E-state index contributed by atoms with van der Waals surface area (Å²) in [4.78, 5) is 10.6. The van der Waals surface area contributed by atoms with Gasteiger partial charge < -0.3 is 0 Å². The molecule has 0 saturated carbocycles. The Morgan fingerprint density at radius 2 is 2.00 bits per heavy atom. The average Bonchev–Trinajstić information content (AvgIpc) is 1.86. The fourth-order valence-electron chi connectivity index (χ4n) is 0.960. The Morgan fingerprint density at radius 1 is 1.40 bits per heavy atom. The monoisotopic (exact) mass is 140 g/mol. The maximum atomic E-state index is 10.6. The van der Waals surface area contributed by atoms with Gasteiger partial charge in [-0.25, -0.2) is 0 Å². The second-order valence-corrected chi connectivity index (χ2v) is 2.52. The lowest BCUT2D eigenvalue weighted by molar-refractivity contribution is -0.112. The number of ketones is 1. The van der Waals surface area contributed by atoms with Crippen LogP contribution < -0.4 is 0 Å². The maximum absolute atomic E-state index is 10.6. The van der Waals surface area contributed by atoms with E-state index in [1.54, 1.807) is 13.0 Å². The summed E-state index contributed by atoms with van der Waals surface area (Å²) in [6.45, 7) is 5.82. The van der Waals surface area contributed by atoms with Gasteiger partial charge in [0.2, 0.25) is 0 Å². The lowest BCUT2D eigenvalue weighted by atomic mass is 10.1. The van der Waals surface area contributed by atoms with E-state index in [0.29, 0.717) is 0 Å². The topological polar surface area (TPSA) is 17.1 Å². The molecule has 10 heavy (non-hydrogen) atoms. The van der Waals surface area contributed by atoms with E-state index in [1.165, 1.54) is 5.57 Å². The second kappa shape index (κ2) is 5.21. The van der Waals surface area contributed by atoms with Crippen LogP contribution in [0.4, 0.5) is 0 Å². The molecule has 0 aromatic rings. The van der Waals surface area contributed by atoms with Crippen molar-refractivity contribution >= 4 is 5.78 Å². The summed E-state index contributed by atoms with van der Waals surface area (Å²) in [5.41, 5.74) is 1.27. The first-order valence-electron chi connectivity index (χ1n) is 3.90. The summed E-state index contributed by atoms with van der Waals surface area (Å²) in [6, 6.07) is 0. The lowest BCUT2D eigenvalue weighted by Gasteiger charge is -1.98. The fourth-order valence-corrected chi connectivity index (χ4v) is 0.960. The average molecular weight is 140 g/mol. The molecule has 0 radical (unpaired) electrons. The van der Waals surface area contributed by atoms with Gasteiger partial charge in [0.1, 0.15) is 0 Å². The Bertz CT molecular complexity index is 134.